The maximum absolute atomic E-state index is 12.6. The zero-order valence-corrected chi connectivity index (χ0v) is 18.1. The minimum absolute atomic E-state index is 0.246. The number of tetrazole rings is 1. The highest BCUT2D eigenvalue weighted by Gasteiger charge is 2.19. The van der Waals surface area contributed by atoms with Crippen molar-refractivity contribution in [2.75, 3.05) is 12.4 Å². The van der Waals surface area contributed by atoms with Crippen molar-refractivity contribution in [1.82, 2.24) is 20.2 Å². The van der Waals surface area contributed by atoms with Crippen LogP contribution in [0.5, 0.6) is 0 Å². The molecule has 0 saturated carbocycles. The van der Waals surface area contributed by atoms with Crippen LogP contribution in [0.15, 0.2) is 42.5 Å². The number of carbonyl (C=O) groups excluding carboxylic acids is 2. The van der Waals surface area contributed by atoms with E-state index < -0.39 is 5.97 Å². The number of benzene rings is 2. The number of anilines is 1. The van der Waals surface area contributed by atoms with Crippen LogP contribution in [0.25, 0.3) is 11.4 Å². The molecular weight excluding hydrogens is 394 g/mol. The zero-order chi connectivity index (χ0) is 22.2. The topological polar surface area (TPSA) is 99.0 Å². The van der Waals surface area contributed by atoms with Gasteiger partial charge in [-0.15, -0.1) is 10.2 Å². The number of carbonyl (C=O) groups is 2. The highest BCUT2D eigenvalue weighted by atomic mass is 16.5. The first kappa shape index (κ1) is 22.1. The summed E-state index contributed by atoms with van der Waals surface area (Å²) in [5.74, 6) is -0.447. The fourth-order valence-electron chi connectivity index (χ4n) is 3.13. The number of aryl methyl sites for hydroxylation is 2. The van der Waals surface area contributed by atoms with E-state index in [0.717, 1.165) is 31.2 Å². The molecule has 0 spiro atoms. The average Bonchev–Trinajstić information content (AvgIpc) is 3.25. The molecule has 162 valence electrons. The largest absolute Gasteiger partial charge is 0.465 e. The molecule has 2 aromatic carbocycles. The SMILES string of the molecule is CCCCCCn1nnc(-c2cc(NC(=O)c3ccc(C)cc3)ccc2C(=O)OC)n1. The molecule has 1 amide bonds. The number of nitrogens with one attached hydrogen (secondary N) is 1. The highest BCUT2D eigenvalue weighted by Crippen LogP contribution is 2.25. The Morgan fingerprint density at radius 1 is 1.06 bits per heavy atom. The maximum atomic E-state index is 12.6. The molecule has 8 nitrogen and oxygen atoms in total. The van der Waals surface area contributed by atoms with Gasteiger partial charge in [0.2, 0.25) is 5.82 Å². The van der Waals surface area contributed by atoms with Gasteiger partial charge in [-0.2, -0.15) is 4.80 Å². The van der Waals surface area contributed by atoms with Crippen LogP contribution >= 0.6 is 0 Å². The van der Waals surface area contributed by atoms with Gasteiger partial charge in [-0.25, -0.2) is 4.79 Å². The third kappa shape index (κ3) is 5.75. The first-order valence-electron chi connectivity index (χ1n) is 10.4. The van der Waals surface area contributed by atoms with E-state index in [0.29, 0.717) is 34.7 Å². The van der Waals surface area contributed by atoms with Crippen LogP contribution in [0.1, 0.15) is 58.9 Å². The standard InChI is InChI=1S/C23H27N5O3/c1-4-5-6-7-14-28-26-21(25-27-28)20-15-18(12-13-19(20)23(30)31-3)24-22(29)17-10-8-16(2)9-11-17/h8-13,15H,4-7,14H2,1-3H3,(H,24,29). The number of esters is 1. The van der Waals surface area contributed by atoms with E-state index in [1.54, 1.807) is 30.3 Å². The van der Waals surface area contributed by atoms with Crippen molar-refractivity contribution in [1.29, 1.82) is 0 Å². The maximum Gasteiger partial charge on any atom is 0.338 e. The Kier molecular flexibility index (Phi) is 7.48. The average molecular weight is 422 g/mol. The Hall–Kier alpha value is -3.55. The molecule has 1 N–H and O–H groups in total. The van der Waals surface area contributed by atoms with Crippen LogP contribution in [0.3, 0.4) is 0 Å². The summed E-state index contributed by atoms with van der Waals surface area (Å²) < 4.78 is 4.89. The number of nitrogens with zero attached hydrogens (tertiary/aromatic N) is 4. The predicted molar refractivity (Wildman–Crippen MR) is 118 cm³/mol. The quantitative estimate of drug-likeness (QED) is 0.409. The minimum Gasteiger partial charge on any atom is -0.465 e. The highest BCUT2D eigenvalue weighted by molar-refractivity contribution is 6.05. The van der Waals surface area contributed by atoms with Gasteiger partial charge in [0.25, 0.3) is 5.91 Å². The molecular formula is C23H27N5O3. The Balaban J connectivity index is 1.84. The van der Waals surface area contributed by atoms with Gasteiger partial charge in [0.05, 0.1) is 19.2 Å². The van der Waals surface area contributed by atoms with E-state index in [-0.39, 0.29) is 5.91 Å². The van der Waals surface area contributed by atoms with Gasteiger partial charge in [-0.3, -0.25) is 4.79 Å². The van der Waals surface area contributed by atoms with Gasteiger partial charge < -0.3 is 10.1 Å². The van der Waals surface area contributed by atoms with Crippen LogP contribution in [0.4, 0.5) is 5.69 Å². The van der Waals surface area contributed by atoms with Gasteiger partial charge in [0.15, 0.2) is 0 Å². The van der Waals surface area contributed by atoms with Crippen molar-refractivity contribution in [2.45, 2.75) is 46.1 Å². The molecule has 3 rings (SSSR count). The van der Waals surface area contributed by atoms with E-state index >= 15 is 0 Å². The number of hydrogen-bond acceptors (Lipinski definition) is 6. The van der Waals surface area contributed by atoms with Crippen molar-refractivity contribution in [3.8, 4) is 11.4 Å². The fourth-order valence-corrected chi connectivity index (χ4v) is 3.13. The van der Waals surface area contributed by atoms with Crippen molar-refractivity contribution >= 4 is 17.6 Å². The molecule has 1 heterocycles. The first-order chi connectivity index (χ1) is 15.0. The normalized spacial score (nSPS) is 10.7. The number of unbranched alkanes of at least 4 members (excludes halogenated alkanes) is 3. The van der Waals surface area contributed by atoms with E-state index in [2.05, 4.69) is 27.7 Å². The second-order valence-corrected chi connectivity index (χ2v) is 7.34. The smallest absolute Gasteiger partial charge is 0.338 e. The van der Waals surface area contributed by atoms with Gasteiger partial charge in [0, 0.05) is 16.8 Å². The molecule has 1 aromatic heterocycles. The van der Waals surface area contributed by atoms with Gasteiger partial charge in [-0.05, 0) is 48.9 Å². The monoisotopic (exact) mass is 421 g/mol. The minimum atomic E-state index is -0.509. The summed E-state index contributed by atoms with van der Waals surface area (Å²) in [5.41, 5.74) is 2.90. The third-order valence-corrected chi connectivity index (χ3v) is 4.90. The molecule has 0 bridgehead atoms. The Morgan fingerprint density at radius 3 is 2.55 bits per heavy atom. The molecule has 31 heavy (non-hydrogen) atoms. The fraction of sp³-hybridized carbons (Fsp3) is 0.348. The number of hydrogen-bond donors (Lipinski definition) is 1. The lowest BCUT2D eigenvalue weighted by Gasteiger charge is -2.10. The summed E-state index contributed by atoms with van der Waals surface area (Å²) in [4.78, 5) is 26.4. The summed E-state index contributed by atoms with van der Waals surface area (Å²) in [6.07, 6.45) is 4.37. The van der Waals surface area contributed by atoms with Crippen molar-refractivity contribution in [3.63, 3.8) is 0 Å². The molecule has 0 aliphatic carbocycles. The molecule has 0 unspecified atom stereocenters. The molecule has 0 aliphatic rings. The lowest BCUT2D eigenvalue weighted by molar-refractivity contribution is 0.0601. The lowest BCUT2D eigenvalue weighted by atomic mass is 10.1. The van der Waals surface area contributed by atoms with Crippen molar-refractivity contribution < 1.29 is 14.3 Å². The summed E-state index contributed by atoms with van der Waals surface area (Å²) in [6.45, 7) is 4.78. The van der Waals surface area contributed by atoms with Crippen LogP contribution in [-0.2, 0) is 11.3 Å². The predicted octanol–water partition coefficient (Wildman–Crippen LogP) is 4.27. The van der Waals surface area contributed by atoms with Crippen LogP contribution < -0.4 is 5.32 Å². The number of aromatic nitrogens is 4. The third-order valence-electron chi connectivity index (χ3n) is 4.90. The van der Waals surface area contributed by atoms with Gasteiger partial charge >= 0.3 is 5.97 Å². The molecule has 3 aromatic rings. The molecule has 0 saturated heterocycles. The summed E-state index contributed by atoms with van der Waals surface area (Å²) in [7, 11) is 1.32. The second-order valence-electron chi connectivity index (χ2n) is 7.34. The van der Waals surface area contributed by atoms with Gasteiger partial charge in [0.1, 0.15) is 0 Å². The van der Waals surface area contributed by atoms with Crippen molar-refractivity contribution in [3.05, 3.63) is 59.2 Å². The number of amides is 1. The first-order valence-corrected chi connectivity index (χ1v) is 10.4. The number of methoxy groups -OCH3 is 1. The van der Waals surface area contributed by atoms with E-state index in [9.17, 15) is 9.59 Å². The summed E-state index contributed by atoms with van der Waals surface area (Å²) in [6, 6.07) is 12.2. The lowest BCUT2D eigenvalue weighted by Crippen LogP contribution is -2.13. The molecule has 0 radical (unpaired) electrons. The van der Waals surface area contributed by atoms with E-state index in [1.165, 1.54) is 11.9 Å². The van der Waals surface area contributed by atoms with Crippen LogP contribution in [-0.4, -0.2) is 39.2 Å². The van der Waals surface area contributed by atoms with E-state index in [4.69, 9.17) is 4.74 Å². The summed E-state index contributed by atoms with van der Waals surface area (Å²) in [5, 5.41) is 15.5. The number of ether oxygens (including phenoxy) is 1. The molecule has 0 atom stereocenters. The van der Waals surface area contributed by atoms with Crippen molar-refractivity contribution in [2.24, 2.45) is 0 Å². The van der Waals surface area contributed by atoms with Crippen LogP contribution in [0, 0.1) is 6.92 Å². The summed E-state index contributed by atoms with van der Waals surface area (Å²) >= 11 is 0. The molecule has 0 aliphatic heterocycles. The second kappa shape index (κ2) is 10.5. The Morgan fingerprint density at radius 2 is 1.84 bits per heavy atom. The number of rotatable bonds is 9. The van der Waals surface area contributed by atoms with Gasteiger partial charge in [-0.1, -0.05) is 43.9 Å². The Bertz CT molecular complexity index is 1040. The van der Waals surface area contributed by atoms with Crippen LogP contribution in [0.2, 0.25) is 0 Å². The molecule has 0 fully saturated rings. The molecule has 8 heteroatoms. The Labute approximate surface area is 181 Å². The zero-order valence-electron chi connectivity index (χ0n) is 18.1. The van der Waals surface area contributed by atoms with E-state index in [1.807, 2.05) is 19.1 Å².